The van der Waals surface area contributed by atoms with Gasteiger partial charge in [-0.3, -0.25) is 0 Å². The fraction of sp³-hybridized carbons (Fsp3) is 0.600. The molecule has 0 aromatic heterocycles. The van der Waals surface area contributed by atoms with Crippen molar-refractivity contribution in [2.24, 2.45) is 0 Å². The van der Waals surface area contributed by atoms with Crippen LogP contribution in [0.3, 0.4) is 0 Å². The normalized spacial score (nSPS) is 25.3. The van der Waals surface area contributed by atoms with Gasteiger partial charge in [0.05, 0.1) is 12.0 Å². The highest BCUT2D eigenvalue weighted by molar-refractivity contribution is 5.93. The summed E-state index contributed by atoms with van der Waals surface area (Å²) >= 11 is 0. The van der Waals surface area contributed by atoms with E-state index in [-0.39, 0.29) is 13.0 Å². The zero-order valence-electron chi connectivity index (χ0n) is 16.4. The highest BCUT2D eigenvalue weighted by Crippen LogP contribution is 2.58. The average Bonchev–Trinajstić information content (AvgIpc) is 3.15. The van der Waals surface area contributed by atoms with Gasteiger partial charge in [0.2, 0.25) is 0 Å². The van der Waals surface area contributed by atoms with Crippen LogP contribution in [0.1, 0.15) is 53.5 Å². The molecule has 0 aliphatic heterocycles. The third-order valence-corrected chi connectivity index (χ3v) is 4.32. The van der Waals surface area contributed by atoms with Gasteiger partial charge in [-0.1, -0.05) is 30.3 Å². The number of carbonyl (C=O) groups excluding carboxylic acids is 2. The lowest BCUT2D eigenvalue weighted by Crippen LogP contribution is -2.53. The summed E-state index contributed by atoms with van der Waals surface area (Å²) in [6.45, 7) is 10.2. The Balaban J connectivity index is 2.38. The van der Waals surface area contributed by atoms with Crippen LogP contribution < -0.4 is 5.32 Å². The first-order valence-corrected chi connectivity index (χ1v) is 8.76. The van der Waals surface area contributed by atoms with E-state index < -0.39 is 34.2 Å². The van der Waals surface area contributed by atoms with E-state index in [0.29, 0.717) is 0 Å². The minimum absolute atomic E-state index is 0.245. The van der Waals surface area contributed by atoms with Crippen molar-refractivity contribution in [1.82, 2.24) is 5.32 Å². The minimum atomic E-state index is -1.36. The summed E-state index contributed by atoms with van der Waals surface area (Å²) in [6.07, 6.45) is -0.469. The molecule has 0 heterocycles. The Morgan fingerprint density at radius 3 is 2.04 bits per heavy atom. The number of hydrogen-bond donors (Lipinski definition) is 2. The molecule has 0 unspecified atom stereocenters. The van der Waals surface area contributed by atoms with Crippen LogP contribution in [0, 0.1) is 0 Å². The molecule has 6 heteroatoms. The third kappa shape index (κ3) is 4.01. The predicted octanol–water partition coefficient (Wildman–Crippen LogP) is 2.93. The van der Waals surface area contributed by atoms with Crippen LogP contribution in [-0.4, -0.2) is 40.5 Å². The molecular formula is C20H29NO5. The molecule has 1 aliphatic carbocycles. The molecule has 1 aromatic carbocycles. The largest absolute Gasteiger partial charge is 0.458 e. The van der Waals surface area contributed by atoms with Crippen LogP contribution >= 0.6 is 0 Å². The van der Waals surface area contributed by atoms with Gasteiger partial charge in [0.25, 0.3) is 0 Å². The topological polar surface area (TPSA) is 84.9 Å². The van der Waals surface area contributed by atoms with Gasteiger partial charge in [-0.05, 0) is 53.5 Å². The van der Waals surface area contributed by atoms with Crippen LogP contribution in [0.15, 0.2) is 30.3 Å². The third-order valence-electron chi connectivity index (χ3n) is 4.32. The predicted molar refractivity (Wildman–Crippen MR) is 97.8 cm³/mol. The monoisotopic (exact) mass is 363 g/mol. The zero-order chi connectivity index (χ0) is 19.8. The molecule has 1 aliphatic rings. The molecule has 1 saturated carbocycles. The highest BCUT2D eigenvalue weighted by atomic mass is 16.6. The Morgan fingerprint density at radius 2 is 1.58 bits per heavy atom. The van der Waals surface area contributed by atoms with Crippen LogP contribution in [0.2, 0.25) is 0 Å². The number of alkyl carbamates (subject to hydrolysis) is 1. The van der Waals surface area contributed by atoms with Gasteiger partial charge in [-0.15, -0.1) is 0 Å². The van der Waals surface area contributed by atoms with E-state index in [1.807, 2.05) is 30.3 Å². The first-order valence-electron chi connectivity index (χ1n) is 8.76. The van der Waals surface area contributed by atoms with Crippen LogP contribution in [0.5, 0.6) is 0 Å². The maximum Gasteiger partial charge on any atom is 0.408 e. The lowest BCUT2D eigenvalue weighted by atomic mass is 9.91. The SMILES string of the molecule is CC(C)(C)OC(=O)N[C@]1(C(=O)OC(C)(C)C)C[C@@]1(CO)c1ccccc1. The number of ether oxygens (including phenoxy) is 2. The number of esters is 1. The molecule has 0 saturated heterocycles. The molecule has 6 nitrogen and oxygen atoms in total. The van der Waals surface area contributed by atoms with Gasteiger partial charge in [0, 0.05) is 0 Å². The van der Waals surface area contributed by atoms with Crippen molar-refractivity contribution >= 4 is 12.1 Å². The fourth-order valence-electron chi connectivity index (χ4n) is 3.12. The summed E-state index contributed by atoms with van der Waals surface area (Å²) in [6, 6.07) is 9.18. The Hall–Kier alpha value is -2.08. The average molecular weight is 363 g/mol. The molecular weight excluding hydrogens is 334 g/mol. The molecule has 2 atom stereocenters. The highest BCUT2D eigenvalue weighted by Gasteiger charge is 2.75. The van der Waals surface area contributed by atoms with Crippen molar-refractivity contribution in [1.29, 1.82) is 0 Å². The van der Waals surface area contributed by atoms with E-state index >= 15 is 0 Å². The van der Waals surface area contributed by atoms with Crippen molar-refractivity contribution < 1.29 is 24.2 Å². The molecule has 2 rings (SSSR count). The van der Waals surface area contributed by atoms with Gasteiger partial charge in [-0.2, -0.15) is 0 Å². The first kappa shape index (κ1) is 20.2. The second-order valence-electron chi connectivity index (χ2n) is 8.82. The quantitative estimate of drug-likeness (QED) is 0.804. The van der Waals surface area contributed by atoms with Gasteiger partial charge in [0.1, 0.15) is 11.2 Å². The lowest BCUT2D eigenvalue weighted by molar-refractivity contribution is -0.159. The lowest BCUT2D eigenvalue weighted by Gasteiger charge is -2.29. The number of nitrogens with one attached hydrogen (secondary N) is 1. The van der Waals surface area contributed by atoms with Crippen molar-refractivity contribution in [2.45, 2.75) is 70.1 Å². The maximum absolute atomic E-state index is 13.0. The number of carbonyl (C=O) groups is 2. The first-order chi connectivity index (χ1) is 11.9. The Morgan fingerprint density at radius 1 is 1.04 bits per heavy atom. The Kier molecular flexibility index (Phi) is 5.12. The van der Waals surface area contributed by atoms with E-state index in [4.69, 9.17) is 9.47 Å². The molecule has 26 heavy (non-hydrogen) atoms. The summed E-state index contributed by atoms with van der Waals surface area (Å²) in [5.41, 5.74) is -2.96. The summed E-state index contributed by atoms with van der Waals surface area (Å²) in [7, 11) is 0. The number of hydrogen-bond acceptors (Lipinski definition) is 5. The van der Waals surface area contributed by atoms with Crippen molar-refractivity contribution in [2.75, 3.05) is 6.61 Å². The van der Waals surface area contributed by atoms with Crippen molar-refractivity contribution in [3.8, 4) is 0 Å². The van der Waals surface area contributed by atoms with Gasteiger partial charge < -0.3 is 19.9 Å². The molecule has 144 valence electrons. The van der Waals surface area contributed by atoms with Gasteiger partial charge in [0.15, 0.2) is 5.54 Å². The van der Waals surface area contributed by atoms with E-state index in [9.17, 15) is 14.7 Å². The van der Waals surface area contributed by atoms with Crippen LogP contribution in [-0.2, 0) is 19.7 Å². The molecule has 0 bridgehead atoms. The second-order valence-corrected chi connectivity index (χ2v) is 8.82. The molecule has 0 spiro atoms. The zero-order valence-corrected chi connectivity index (χ0v) is 16.4. The fourth-order valence-corrected chi connectivity index (χ4v) is 3.12. The minimum Gasteiger partial charge on any atom is -0.458 e. The van der Waals surface area contributed by atoms with Crippen molar-refractivity contribution in [3.05, 3.63) is 35.9 Å². The second kappa shape index (κ2) is 6.58. The number of aliphatic hydroxyl groups excluding tert-OH is 1. The standard InChI is InChI=1S/C20H29NO5/c1-17(2,3)25-15(23)20(21-16(24)26-18(4,5)6)12-19(20,13-22)14-10-8-7-9-11-14/h7-11,22H,12-13H2,1-6H3,(H,21,24)/t19-,20+/m1/s1. The summed E-state index contributed by atoms with van der Waals surface area (Å²) in [4.78, 5) is 25.4. The Labute approximate surface area is 154 Å². The molecule has 0 radical (unpaired) electrons. The Bertz CT molecular complexity index is 674. The van der Waals surface area contributed by atoms with Crippen molar-refractivity contribution in [3.63, 3.8) is 0 Å². The smallest absolute Gasteiger partial charge is 0.408 e. The molecule has 1 fully saturated rings. The summed E-state index contributed by atoms with van der Waals surface area (Å²) in [5.74, 6) is -0.575. The molecule has 2 N–H and O–H groups in total. The molecule has 1 amide bonds. The van der Waals surface area contributed by atoms with Crippen LogP contribution in [0.4, 0.5) is 4.79 Å². The van der Waals surface area contributed by atoms with E-state index in [2.05, 4.69) is 5.32 Å². The van der Waals surface area contributed by atoms with Crippen LogP contribution in [0.25, 0.3) is 0 Å². The number of amides is 1. The number of benzene rings is 1. The van der Waals surface area contributed by atoms with E-state index in [1.54, 1.807) is 41.5 Å². The van der Waals surface area contributed by atoms with Gasteiger partial charge >= 0.3 is 12.1 Å². The summed E-state index contributed by atoms with van der Waals surface area (Å²) in [5, 5.41) is 12.8. The van der Waals surface area contributed by atoms with E-state index in [1.165, 1.54) is 0 Å². The van der Waals surface area contributed by atoms with E-state index in [0.717, 1.165) is 5.56 Å². The number of rotatable bonds is 4. The van der Waals surface area contributed by atoms with Gasteiger partial charge in [-0.25, -0.2) is 9.59 Å². The number of aliphatic hydroxyl groups is 1. The maximum atomic E-state index is 13.0. The summed E-state index contributed by atoms with van der Waals surface area (Å²) < 4.78 is 10.9. The molecule has 1 aromatic rings.